The molecule has 17 heteroatoms. The summed E-state index contributed by atoms with van der Waals surface area (Å²) in [5, 5.41) is 3.34. The van der Waals surface area contributed by atoms with Crippen LogP contribution in [0.25, 0.3) is 0 Å². The van der Waals surface area contributed by atoms with Crippen LogP contribution >= 0.6 is 27.0 Å². The van der Waals surface area contributed by atoms with Gasteiger partial charge in [0.25, 0.3) is 0 Å². The molecule has 0 aromatic rings. The first kappa shape index (κ1) is 60.5. The summed E-state index contributed by atoms with van der Waals surface area (Å²) in [6, 6.07) is -0.0805. The Kier molecular flexibility index (Phi) is 22.3. The van der Waals surface area contributed by atoms with Gasteiger partial charge in [0.15, 0.2) is 16.6 Å². The molecular formula is C41H84N2O11S2Si2. The molecule has 0 bridgehead atoms. The number of rotatable bonds is 6. The van der Waals surface area contributed by atoms with Crippen molar-refractivity contribution in [1.82, 2.24) is 10.2 Å². The predicted molar refractivity (Wildman–Crippen MR) is 246 cm³/mol. The Balaban J connectivity index is -0.000000795. The number of nitrogens with zero attached hydrogens (tertiary/aromatic N) is 1. The molecule has 344 valence electrons. The average molecular weight is 901 g/mol. The molecule has 0 unspecified atom stereocenters. The predicted octanol–water partition coefficient (Wildman–Crippen LogP) is 10.6. The lowest BCUT2D eigenvalue weighted by molar-refractivity contribution is -0.134. The van der Waals surface area contributed by atoms with Gasteiger partial charge in [-0.2, -0.15) is 27.0 Å². The van der Waals surface area contributed by atoms with Gasteiger partial charge in [-0.25, -0.2) is 19.3 Å². The van der Waals surface area contributed by atoms with E-state index in [0.29, 0.717) is 19.6 Å². The number of hydrogen-bond donors (Lipinski definition) is 1. The van der Waals surface area contributed by atoms with Crippen LogP contribution in [0, 0.1) is 10.8 Å². The highest BCUT2D eigenvalue weighted by molar-refractivity contribution is 7.59. The van der Waals surface area contributed by atoms with Crippen LogP contribution in [0.1, 0.15) is 144 Å². The maximum atomic E-state index is 12.7. The maximum absolute atomic E-state index is 12.7. The number of likely N-dealkylation sites (tertiary alicyclic amines) is 1. The minimum atomic E-state index is -1.94. The van der Waals surface area contributed by atoms with E-state index >= 15 is 0 Å². The molecule has 2 aliphatic heterocycles. The Bertz CT molecular complexity index is 1360. The molecule has 13 nitrogen and oxygen atoms in total. The van der Waals surface area contributed by atoms with E-state index in [1.54, 1.807) is 62.3 Å². The first-order valence-electron chi connectivity index (χ1n) is 19.7. The monoisotopic (exact) mass is 901 g/mol. The van der Waals surface area contributed by atoms with Gasteiger partial charge < -0.3 is 33.1 Å². The van der Waals surface area contributed by atoms with Gasteiger partial charge in [0.1, 0.15) is 16.8 Å². The van der Waals surface area contributed by atoms with Crippen molar-refractivity contribution in [2.45, 2.75) is 210 Å². The topological polar surface area (TPSA) is 156 Å². The van der Waals surface area contributed by atoms with Crippen LogP contribution < -0.4 is 5.32 Å². The maximum Gasteiger partial charge on any atom is 0.519 e. The normalized spacial score (nSPS) is 19.5. The molecule has 3 amide bonds. The minimum Gasteiger partial charge on any atom is -0.443 e. The molecule has 0 aliphatic carbocycles. The first-order chi connectivity index (χ1) is 24.4. The van der Waals surface area contributed by atoms with Crippen molar-refractivity contribution in [3.63, 3.8) is 0 Å². The quantitative estimate of drug-likeness (QED) is 0.117. The van der Waals surface area contributed by atoms with Crippen LogP contribution in [-0.4, -0.2) is 93.9 Å². The van der Waals surface area contributed by atoms with Crippen molar-refractivity contribution in [2.24, 2.45) is 10.8 Å². The third-order valence-electron chi connectivity index (χ3n) is 10.0. The molecule has 0 saturated carbocycles. The highest BCUT2D eigenvalue weighted by Crippen LogP contribution is 2.40. The lowest BCUT2D eigenvalue weighted by atomic mass is 9.90. The van der Waals surface area contributed by atoms with Crippen molar-refractivity contribution < 1.29 is 51.8 Å². The molecule has 2 fully saturated rings. The van der Waals surface area contributed by atoms with Crippen LogP contribution in [0.3, 0.4) is 0 Å². The van der Waals surface area contributed by atoms with E-state index in [1.807, 2.05) is 27.7 Å². The Morgan fingerprint density at radius 2 is 0.983 bits per heavy atom. The number of amides is 3. The number of ether oxygens (including phenoxy) is 4. The van der Waals surface area contributed by atoms with E-state index in [4.69, 9.17) is 23.1 Å². The van der Waals surface area contributed by atoms with Gasteiger partial charge >= 0.3 is 18.4 Å². The Morgan fingerprint density at radius 3 is 1.29 bits per heavy atom. The van der Waals surface area contributed by atoms with Gasteiger partial charge in [0, 0.05) is 10.8 Å². The highest BCUT2D eigenvalue weighted by Gasteiger charge is 2.50. The SMILES string of the molecule is CC(C)(C)OC(=O)N1C(=O)C(C)(C)C[C@H]1CO[Si](C)(C)C(C)(C)C.CC(C)(C)OC(=O)OC(=O)OC(C)(C)C.CC1(C)C[C@@H](CO[Si](C)(C)C(C)(C)C)NC1=O.S.S. The van der Waals surface area contributed by atoms with Crippen molar-refractivity contribution in [2.75, 3.05) is 13.2 Å². The van der Waals surface area contributed by atoms with Crippen molar-refractivity contribution >= 4 is 73.8 Å². The Morgan fingerprint density at radius 1 is 0.621 bits per heavy atom. The average Bonchev–Trinajstić information content (AvgIpc) is 3.31. The standard InChI is InChI=1S/C18H35NO4Si.C13H27NO2Si.C10H18O5.2H2S/c1-16(2,3)23-15(21)19-13(11-18(7,8)14(19)20)12-22-24(9,10)17(4,5)6;1-12(2,3)17(6,7)16-9-10-8-13(4,5)11(15)14-10;1-9(2,3)14-7(11)13-8(12)15-10(4,5)6;;/h13H,11-12H2,1-10H3;10H,8-9H2,1-7H3,(H,14,15);1-6H3;2*1H2/t13-;10-;;;/m00.../s1. The van der Waals surface area contributed by atoms with E-state index in [-0.39, 0.29) is 66.4 Å². The second-order valence-electron chi connectivity index (χ2n) is 22.3. The molecule has 0 radical (unpaired) electrons. The zero-order valence-electron chi connectivity index (χ0n) is 40.4. The Labute approximate surface area is 368 Å². The number of carbonyl (C=O) groups is 5. The third-order valence-corrected chi connectivity index (χ3v) is 19.0. The number of imide groups is 1. The summed E-state index contributed by atoms with van der Waals surface area (Å²) in [5.74, 6) is -0.0260. The summed E-state index contributed by atoms with van der Waals surface area (Å²) < 4.78 is 31.6. The van der Waals surface area contributed by atoms with E-state index < -0.39 is 57.3 Å². The van der Waals surface area contributed by atoms with Gasteiger partial charge in [0.05, 0.1) is 25.3 Å². The molecule has 2 heterocycles. The van der Waals surface area contributed by atoms with Crippen LogP contribution in [0.5, 0.6) is 0 Å². The fourth-order valence-corrected chi connectivity index (χ4v) is 6.93. The van der Waals surface area contributed by atoms with Crippen LogP contribution in [-0.2, 0) is 37.4 Å². The summed E-state index contributed by atoms with van der Waals surface area (Å²) >= 11 is 0. The van der Waals surface area contributed by atoms with E-state index in [9.17, 15) is 24.0 Å². The molecule has 2 atom stereocenters. The number of hydrogen-bond acceptors (Lipinski definition) is 11. The van der Waals surface area contributed by atoms with Crippen molar-refractivity contribution in [3.05, 3.63) is 0 Å². The van der Waals surface area contributed by atoms with Crippen LogP contribution in [0.15, 0.2) is 0 Å². The van der Waals surface area contributed by atoms with Crippen molar-refractivity contribution in [3.8, 4) is 0 Å². The lowest BCUT2D eigenvalue weighted by Gasteiger charge is -2.37. The molecule has 1 N–H and O–H groups in total. The lowest BCUT2D eigenvalue weighted by Crippen LogP contribution is -2.48. The molecule has 0 aromatic carbocycles. The smallest absolute Gasteiger partial charge is 0.443 e. The molecular weight excluding hydrogens is 817 g/mol. The molecule has 0 aromatic heterocycles. The molecule has 0 spiro atoms. The fraction of sp³-hybridized carbons (Fsp3) is 0.878. The summed E-state index contributed by atoms with van der Waals surface area (Å²) in [4.78, 5) is 60.2. The number of nitrogens with one attached hydrogen (secondary N) is 1. The van der Waals surface area contributed by atoms with E-state index in [1.165, 1.54) is 4.90 Å². The summed E-state index contributed by atoms with van der Waals surface area (Å²) in [7, 11) is -3.63. The zero-order valence-corrected chi connectivity index (χ0v) is 44.4. The molecule has 2 saturated heterocycles. The zero-order chi connectivity index (χ0) is 44.9. The summed E-state index contributed by atoms with van der Waals surface area (Å²) in [5.41, 5.74) is -2.83. The van der Waals surface area contributed by atoms with Crippen LogP contribution in [0.2, 0.25) is 36.3 Å². The summed E-state index contributed by atoms with van der Waals surface area (Å²) in [6.07, 6.45) is -1.21. The minimum absolute atomic E-state index is 0. The first-order valence-corrected chi connectivity index (χ1v) is 25.5. The summed E-state index contributed by atoms with van der Waals surface area (Å²) in [6.45, 7) is 46.3. The third kappa shape index (κ3) is 21.1. The molecule has 2 aliphatic rings. The largest absolute Gasteiger partial charge is 0.519 e. The highest BCUT2D eigenvalue weighted by atomic mass is 32.1. The van der Waals surface area contributed by atoms with E-state index in [2.05, 4.69) is 77.8 Å². The van der Waals surface area contributed by atoms with Gasteiger partial charge in [-0.05, 0) is 111 Å². The second kappa shape index (κ2) is 21.3. The molecule has 2 rings (SSSR count). The van der Waals surface area contributed by atoms with Crippen molar-refractivity contribution in [1.29, 1.82) is 0 Å². The van der Waals surface area contributed by atoms with Gasteiger partial charge in [-0.15, -0.1) is 0 Å². The van der Waals surface area contributed by atoms with E-state index in [0.717, 1.165) is 6.42 Å². The Hall–Kier alpha value is -1.80. The van der Waals surface area contributed by atoms with Crippen LogP contribution in [0.4, 0.5) is 14.4 Å². The second-order valence-corrected chi connectivity index (χ2v) is 31.9. The van der Waals surface area contributed by atoms with Gasteiger partial charge in [-0.3, -0.25) is 9.59 Å². The van der Waals surface area contributed by atoms with Gasteiger partial charge in [-0.1, -0.05) is 69.2 Å². The fourth-order valence-electron chi connectivity index (χ4n) is 4.83. The number of carbonyl (C=O) groups excluding carboxylic acids is 5. The molecule has 58 heavy (non-hydrogen) atoms. The van der Waals surface area contributed by atoms with Gasteiger partial charge in [0.2, 0.25) is 11.8 Å².